The van der Waals surface area contributed by atoms with Crippen molar-refractivity contribution < 1.29 is 4.74 Å². The molecule has 26 heavy (non-hydrogen) atoms. The molecule has 0 atom stereocenters. The highest BCUT2D eigenvalue weighted by Gasteiger charge is 2.16. The molecular formula is C20H19ClN4O. The van der Waals surface area contributed by atoms with E-state index in [2.05, 4.69) is 4.57 Å². The maximum absolute atomic E-state index is 6.19. The molecule has 0 aliphatic carbocycles. The Morgan fingerprint density at radius 1 is 1.00 bits per heavy atom. The molecule has 0 aliphatic rings. The van der Waals surface area contributed by atoms with E-state index in [4.69, 9.17) is 31.3 Å². The van der Waals surface area contributed by atoms with E-state index in [9.17, 15) is 0 Å². The van der Waals surface area contributed by atoms with Gasteiger partial charge in [0, 0.05) is 30.3 Å². The lowest BCUT2D eigenvalue weighted by Crippen LogP contribution is -2.05. The maximum Gasteiger partial charge on any atom is 0.198 e. The van der Waals surface area contributed by atoms with Crippen molar-refractivity contribution in [2.24, 2.45) is 0 Å². The molecule has 0 radical (unpaired) electrons. The molecule has 0 spiro atoms. The van der Waals surface area contributed by atoms with Gasteiger partial charge in [-0.3, -0.25) is 0 Å². The predicted molar refractivity (Wildman–Crippen MR) is 104 cm³/mol. The third kappa shape index (κ3) is 3.28. The Morgan fingerprint density at radius 3 is 2.58 bits per heavy atom. The Hall–Kier alpha value is -2.50. The largest absolute Gasteiger partial charge is 0.382 e. The van der Waals surface area contributed by atoms with Crippen molar-refractivity contribution in [3.63, 3.8) is 0 Å². The Kier molecular flexibility index (Phi) is 4.82. The molecule has 0 saturated heterocycles. The van der Waals surface area contributed by atoms with Gasteiger partial charge in [-0.15, -0.1) is 0 Å². The van der Waals surface area contributed by atoms with E-state index < -0.39 is 0 Å². The highest BCUT2D eigenvalue weighted by molar-refractivity contribution is 6.30. The second-order valence-electron chi connectivity index (χ2n) is 6.01. The summed E-state index contributed by atoms with van der Waals surface area (Å²) in [7, 11) is 0. The van der Waals surface area contributed by atoms with Gasteiger partial charge in [0.2, 0.25) is 0 Å². The lowest BCUT2D eigenvalue weighted by atomic mass is 10.2. The number of aromatic nitrogens is 4. The third-order valence-corrected chi connectivity index (χ3v) is 4.45. The number of aryl methyl sites for hydroxylation is 1. The number of rotatable bonds is 6. The van der Waals surface area contributed by atoms with Gasteiger partial charge >= 0.3 is 0 Å². The number of hydrogen-bond acceptors (Lipinski definition) is 4. The van der Waals surface area contributed by atoms with E-state index in [0.29, 0.717) is 17.3 Å². The van der Waals surface area contributed by atoms with Gasteiger partial charge in [0.1, 0.15) is 5.82 Å². The molecule has 2 heterocycles. The highest BCUT2D eigenvalue weighted by Crippen LogP contribution is 2.26. The van der Waals surface area contributed by atoms with Crippen LogP contribution in [0.15, 0.2) is 48.5 Å². The van der Waals surface area contributed by atoms with E-state index in [1.807, 2.05) is 55.5 Å². The fourth-order valence-corrected chi connectivity index (χ4v) is 3.22. The average molecular weight is 367 g/mol. The summed E-state index contributed by atoms with van der Waals surface area (Å²) in [6.07, 6.45) is 0.876. The smallest absolute Gasteiger partial charge is 0.198 e. The van der Waals surface area contributed by atoms with Crippen LogP contribution in [0.3, 0.4) is 0 Å². The normalized spacial score (nSPS) is 11.5. The first-order valence-electron chi connectivity index (χ1n) is 8.73. The van der Waals surface area contributed by atoms with Gasteiger partial charge in [-0.05, 0) is 37.6 Å². The van der Waals surface area contributed by atoms with Crippen LogP contribution in [0.25, 0.3) is 33.7 Å². The Balaban J connectivity index is 1.86. The SMILES string of the molecule is CCOCCCn1c(-c2cccc(Cl)c2)nc2nc3ccccc3nc21. The Morgan fingerprint density at radius 2 is 1.81 bits per heavy atom. The minimum Gasteiger partial charge on any atom is -0.382 e. The summed E-state index contributed by atoms with van der Waals surface area (Å²) in [6, 6.07) is 15.6. The number of fused-ring (bicyclic) bond motifs is 2. The zero-order valence-electron chi connectivity index (χ0n) is 14.5. The topological polar surface area (TPSA) is 52.8 Å². The molecule has 132 valence electrons. The third-order valence-electron chi connectivity index (χ3n) is 4.21. The van der Waals surface area contributed by atoms with Gasteiger partial charge in [-0.2, -0.15) is 0 Å². The van der Waals surface area contributed by atoms with Gasteiger partial charge in [0.05, 0.1) is 11.0 Å². The van der Waals surface area contributed by atoms with Crippen molar-refractivity contribution in [3.05, 3.63) is 53.6 Å². The number of nitrogens with zero attached hydrogens (tertiary/aromatic N) is 4. The number of ether oxygens (including phenoxy) is 1. The van der Waals surface area contributed by atoms with E-state index >= 15 is 0 Å². The molecule has 0 bridgehead atoms. The first-order valence-corrected chi connectivity index (χ1v) is 9.11. The Labute approximate surface area is 156 Å². The van der Waals surface area contributed by atoms with Crippen LogP contribution in [0.1, 0.15) is 13.3 Å². The van der Waals surface area contributed by atoms with Gasteiger partial charge in [0.25, 0.3) is 0 Å². The lowest BCUT2D eigenvalue weighted by Gasteiger charge is -2.09. The number of para-hydroxylation sites is 2. The van der Waals surface area contributed by atoms with Gasteiger partial charge < -0.3 is 9.30 Å². The highest BCUT2D eigenvalue weighted by atomic mass is 35.5. The molecule has 0 fully saturated rings. The molecule has 2 aromatic carbocycles. The molecule has 5 nitrogen and oxygen atoms in total. The standard InChI is InChI=1S/C20H19ClN4O/c1-2-26-12-6-11-25-19(14-7-5-8-15(21)13-14)24-18-20(25)23-17-10-4-3-9-16(17)22-18/h3-5,7-10,13H,2,6,11-12H2,1H3. The van der Waals surface area contributed by atoms with Crippen LogP contribution < -0.4 is 0 Å². The minimum absolute atomic E-state index is 0.648. The lowest BCUT2D eigenvalue weighted by molar-refractivity contribution is 0.142. The zero-order valence-corrected chi connectivity index (χ0v) is 15.3. The van der Waals surface area contributed by atoms with Crippen molar-refractivity contribution in [1.82, 2.24) is 19.5 Å². The molecule has 0 aliphatic heterocycles. The predicted octanol–water partition coefficient (Wildman–Crippen LogP) is 4.73. The van der Waals surface area contributed by atoms with E-state index in [1.165, 1.54) is 0 Å². The molecule has 0 N–H and O–H groups in total. The second-order valence-corrected chi connectivity index (χ2v) is 6.44. The summed E-state index contributed by atoms with van der Waals surface area (Å²) in [5.41, 5.74) is 4.10. The van der Waals surface area contributed by atoms with Gasteiger partial charge in [0.15, 0.2) is 11.3 Å². The van der Waals surface area contributed by atoms with Gasteiger partial charge in [-0.1, -0.05) is 35.9 Å². The fraction of sp³-hybridized carbons (Fsp3) is 0.250. The molecule has 4 aromatic rings. The van der Waals surface area contributed by atoms with Crippen molar-refractivity contribution >= 4 is 33.9 Å². The van der Waals surface area contributed by atoms with Crippen LogP contribution in [0.5, 0.6) is 0 Å². The van der Waals surface area contributed by atoms with Crippen molar-refractivity contribution in [2.75, 3.05) is 13.2 Å². The van der Waals surface area contributed by atoms with E-state index in [0.717, 1.165) is 47.6 Å². The Bertz CT molecular complexity index is 1060. The fourth-order valence-electron chi connectivity index (χ4n) is 3.03. The summed E-state index contributed by atoms with van der Waals surface area (Å²) in [4.78, 5) is 14.3. The van der Waals surface area contributed by atoms with Crippen LogP contribution in [-0.2, 0) is 11.3 Å². The van der Waals surface area contributed by atoms with Crippen LogP contribution in [0.4, 0.5) is 0 Å². The van der Waals surface area contributed by atoms with Crippen LogP contribution in [-0.4, -0.2) is 32.7 Å². The summed E-state index contributed by atoms with van der Waals surface area (Å²) in [5, 5.41) is 0.682. The number of halogens is 1. The quantitative estimate of drug-likeness (QED) is 0.463. The van der Waals surface area contributed by atoms with Crippen molar-refractivity contribution in [2.45, 2.75) is 19.9 Å². The second kappa shape index (κ2) is 7.40. The molecule has 0 saturated carbocycles. The zero-order chi connectivity index (χ0) is 17.9. The van der Waals surface area contributed by atoms with Gasteiger partial charge in [-0.25, -0.2) is 15.0 Å². The minimum atomic E-state index is 0.648. The number of benzene rings is 2. The van der Waals surface area contributed by atoms with Crippen LogP contribution in [0.2, 0.25) is 5.02 Å². The maximum atomic E-state index is 6.19. The van der Waals surface area contributed by atoms with E-state index in [1.54, 1.807) is 0 Å². The average Bonchev–Trinajstić information content (AvgIpc) is 3.01. The first-order chi connectivity index (χ1) is 12.8. The molecular weight excluding hydrogens is 348 g/mol. The van der Waals surface area contributed by atoms with Crippen LogP contribution in [0, 0.1) is 0 Å². The van der Waals surface area contributed by atoms with Crippen molar-refractivity contribution in [3.8, 4) is 11.4 Å². The van der Waals surface area contributed by atoms with E-state index in [-0.39, 0.29) is 0 Å². The summed E-state index contributed by atoms with van der Waals surface area (Å²) < 4.78 is 7.60. The molecule has 0 amide bonds. The summed E-state index contributed by atoms with van der Waals surface area (Å²) in [5.74, 6) is 0.828. The number of imidazole rings is 1. The molecule has 2 aromatic heterocycles. The molecule has 4 rings (SSSR count). The molecule has 6 heteroatoms. The van der Waals surface area contributed by atoms with Crippen LogP contribution >= 0.6 is 11.6 Å². The summed E-state index contributed by atoms with van der Waals surface area (Å²) >= 11 is 6.19. The monoisotopic (exact) mass is 366 g/mol. The van der Waals surface area contributed by atoms with Crippen molar-refractivity contribution in [1.29, 1.82) is 0 Å². The first kappa shape index (κ1) is 16.9. The summed E-state index contributed by atoms with van der Waals surface area (Å²) in [6.45, 7) is 4.18. The molecule has 0 unspecified atom stereocenters. The number of hydrogen-bond donors (Lipinski definition) is 0.